The zero-order valence-corrected chi connectivity index (χ0v) is 21.5. The molecular formula is C24H27N7O5S. The Morgan fingerprint density at radius 2 is 2.11 bits per heavy atom. The topological polar surface area (TPSA) is 142 Å². The quantitative estimate of drug-likeness (QED) is 0.469. The van der Waals surface area contributed by atoms with Crippen molar-refractivity contribution in [2.45, 2.75) is 26.3 Å². The Bertz CT molecular complexity index is 1450. The molecule has 0 aliphatic carbocycles. The third kappa shape index (κ3) is 4.67. The number of nitrogens with one attached hydrogen (secondary N) is 1. The zero-order chi connectivity index (χ0) is 26.3. The number of fused-ring (bicyclic) bond motifs is 1. The van der Waals surface area contributed by atoms with Crippen molar-refractivity contribution in [3.05, 3.63) is 45.2 Å². The molecule has 0 radical (unpaired) electrons. The van der Waals surface area contributed by atoms with Gasteiger partial charge in [0, 0.05) is 44.4 Å². The SMILES string of the molecule is COCCN1N=C(NC(=O)C2CN(c3cc(C)c4c(=O)c(C(=O)O)cn(-c5nccs5)c4n3)C2)CC1C. The molecular weight excluding hydrogens is 498 g/mol. The van der Waals surface area contributed by atoms with Crippen molar-refractivity contribution in [2.75, 3.05) is 38.3 Å². The highest BCUT2D eigenvalue weighted by molar-refractivity contribution is 7.12. The molecule has 13 heteroatoms. The predicted molar refractivity (Wildman–Crippen MR) is 139 cm³/mol. The van der Waals surface area contributed by atoms with Crippen molar-refractivity contribution in [1.82, 2.24) is 24.9 Å². The molecule has 37 heavy (non-hydrogen) atoms. The number of carbonyl (C=O) groups is 2. The largest absolute Gasteiger partial charge is 0.477 e. The summed E-state index contributed by atoms with van der Waals surface area (Å²) in [5.74, 6) is -0.341. The molecule has 12 nitrogen and oxygen atoms in total. The fourth-order valence-electron chi connectivity index (χ4n) is 4.56. The summed E-state index contributed by atoms with van der Waals surface area (Å²) in [6.45, 7) is 5.98. The fraction of sp³-hybridized carbons (Fsp3) is 0.417. The first-order valence-corrected chi connectivity index (χ1v) is 12.7. The number of nitrogens with zero attached hydrogens (tertiary/aromatic N) is 6. The van der Waals surface area contributed by atoms with Gasteiger partial charge in [-0.2, -0.15) is 5.10 Å². The molecule has 194 valence electrons. The third-order valence-corrected chi connectivity index (χ3v) is 7.38. The summed E-state index contributed by atoms with van der Waals surface area (Å²) < 4.78 is 6.66. The number of hydrogen-bond acceptors (Lipinski definition) is 10. The molecule has 2 aliphatic rings. The van der Waals surface area contributed by atoms with E-state index in [4.69, 9.17) is 9.72 Å². The molecule has 5 rings (SSSR count). The Hall–Kier alpha value is -3.84. The van der Waals surface area contributed by atoms with E-state index in [1.807, 2.05) is 9.91 Å². The van der Waals surface area contributed by atoms with Gasteiger partial charge in [-0.05, 0) is 25.5 Å². The van der Waals surface area contributed by atoms with Gasteiger partial charge in [0.05, 0.1) is 30.5 Å². The van der Waals surface area contributed by atoms with Gasteiger partial charge >= 0.3 is 5.97 Å². The van der Waals surface area contributed by atoms with Crippen LogP contribution < -0.4 is 15.6 Å². The number of aromatic nitrogens is 3. The van der Waals surface area contributed by atoms with Gasteiger partial charge in [-0.1, -0.05) is 0 Å². The van der Waals surface area contributed by atoms with Crippen molar-refractivity contribution in [1.29, 1.82) is 0 Å². The molecule has 1 atom stereocenters. The second-order valence-corrected chi connectivity index (χ2v) is 10.1. The number of hydrazone groups is 1. The van der Waals surface area contributed by atoms with Gasteiger partial charge in [-0.15, -0.1) is 11.3 Å². The molecule has 1 amide bonds. The minimum atomic E-state index is -1.31. The van der Waals surface area contributed by atoms with Gasteiger partial charge in [0.2, 0.25) is 11.3 Å². The number of thiazole rings is 1. The van der Waals surface area contributed by atoms with Crippen LogP contribution in [0.3, 0.4) is 0 Å². The maximum atomic E-state index is 12.9. The Balaban J connectivity index is 1.36. The monoisotopic (exact) mass is 525 g/mol. The van der Waals surface area contributed by atoms with Crippen molar-refractivity contribution in [2.24, 2.45) is 11.0 Å². The molecule has 1 unspecified atom stereocenters. The van der Waals surface area contributed by atoms with Crippen molar-refractivity contribution in [3.8, 4) is 5.13 Å². The lowest BCUT2D eigenvalue weighted by Gasteiger charge is -2.39. The van der Waals surface area contributed by atoms with Crippen LogP contribution in [0.1, 0.15) is 29.3 Å². The lowest BCUT2D eigenvalue weighted by molar-refractivity contribution is -0.124. The van der Waals surface area contributed by atoms with Gasteiger partial charge in [0.15, 0.2) is 10.8 Å². The Morgan fingerprint density at radius 1 is 1.32 bits per heavy atom. The number of carboxylic acid groups (broad SMARTS) is 1. The smallest absolute Gasteiger partial charge is 0.341 e. The normalized spacial score (nSPS) is 17.7. The number of amidine groups is 1. The summed E-state index contributed by atoms with van der Waals surface area (Å²) in [6, 6.07) is 1.96. The molecule has 1 saturated heterocycles. The number of rotatable bonds is 7. The first-order chi connectivity index (χ1) is 17.8. The summed E-state index contributed by atoms with van der Waals surface area (Å²) in [4.78, 5) is 48.4. The van der Waals surface area contributed by atoms with E-state index in [9.17, 15) is 19.5 Å². The molecule has 5 heterocycles. The van der Waals surface area contributed by atoms with Gasteiger partial charge in [0.1, 0.15) is 17.2 Å². The lowest BCUT2D eigenvalue weighted by atomic mass is 9.98. The molecule has 0 spiro atoms. The molecule has 2 N–H and O–H groups in total. The fourth-order valence-corrected chi connectivity index (χ4v) is 5.18. The van der Waals surface area contributed by atoms with E-state index in [1.54, 1.807) is 36.2 Å². The van der Waals surface area contributed by atoms with E-state index in [0.29, 0.717) is 60.7 Å². The number of carbonyl (C=O) groups excluding carboxylic acids is 1. The second-order valence-electron chi connectivity index (χ2n) is 9.20. The van der Waals surface area contributed by atoms with Gasteiger partial charge in [-0.3, -0.25) is 19.2 Å². The third-order valence-electron chi connectivity index (χ3n) is 6.61. The molecule has 3 aromatic heterocycles. The highest BCUT2D eigenvalue weighted by atomic mass is 32.1. The molecule has 0 bridgehead atoms. The predicted octanol–water partition coefficient (Wildman–Crippen LogP) is 1.46. The average Bonchev–Trinajstić information content (AvgIpc) is 3.46. The van der Waals surface area contributed by atoms with E-state index >= 15 is 0 Å². The van der Waals surface area contributed by atoms with Crippen LogP contribution in [0.15, 0.2) is 33.7 Å². The first kappa shape index (κ1) is 24.8. The minimum Gasteiger partial charge on any atom is -0.477 e. The van der Waals surface area contributed by atoms with Crippen LogP contribution in [0.2, 0.25) is 0 Å². The number of ether oxygens (including phenoxy) is 1. The number of pyridine rings is 2. The number of carboxylic acids is 1. The van der Waals surface area contributed by atoms with E-state index in [1.165, 1.54) is 17.5 Å². The minimum absolute atomic E-state index is 0.0842. The van der Waals surface area contributed by atoms with Crippen LogP contribution >= 0.6 is 11.3 Å². The van der Waals surface area contributed by atoms with Crippen molar-refractivity contribution < 1.29 is 19.4 Å². The number of anilines is 1. The number of amides is 1. The molecule has 0 aromatic carbocycles. The van der Waals surface area contributed by atoms with Crippen LogP contribution in [-0.2, 0) is 9.53 Å². The van der Waals surface area contributed by atoms with Crippen LogP contribution in [0, 0.1) is 12.8 Å². The van der Waals surface area contributed by atoms with Gasteiger partial charge < -0.3 is 20.1 Å². The number of methoxy groups -OCH3 is 1. The summed E-state index contributed by atoms with van der Waals surface area (Å²) in [7, 11) is 1.65. The summed E-state index contributed by atoms with van der Waals surface area (Å²) in [6.07, 6.45) is 3.55. The standard InChI is InChI=1S/C24H27N7O5S/c1-13-8-18(27-21-19(13)20(32)16(23(34)35)12-30(21)24-25-4-7-37-24)29-10-15(11-29)22(33)26-17-9-14(2)31(28-17)5-6-36-3/h4,7-8,12,14-15H,5-6,9-11H2,1-3H3,(H,34,35)(H,26,28,33). The highest BCUT2D eigenvalue weighted by Gasteiger charge is 2.35. The van der Waals surface area contributed by atoms with E-state index < -0.39 is 11.4 Å². The van der Waals surface area contributed by atoms with Crippen molar-refractivity contribution >= 4 is 45.9 Å². The number of hydrogen-bond donors (Lipinski definition) is 2. The Kier molecular flexibility index (Phi) is 6.65. The number of aromatic carboxylic acids is 1. The molecule has 1 fully saturated rings. The maximum Gasteiger partial charge on any atom is 0.341 e. The average molecular weight is 526 g/mol. The summed E-state index contributed by atoms with van der Waals surface area (Å²) in [5.41, 5.74) is 0.0138. The summed E-state index contributed by atoms with van der Waals surface area (Å²) >= 11 is 1.31. The van der Waals surface area contributed by atoms with Crippen molar-refractivity contribution in [3.63, 3.8) is 0 Å². The molecule has 3 aromatic rings. The van der Waals surface area contributed by atoms with Crippen LogP contribution in [0.5, 0.6) is 0 Å². The van der Waals surface area contributed by atoms with Crippen LogP contribution in [-0.4, -0.2) is 81.8 Å². The van der Waals surface area contributed by atoms with Crippen LogP contribution in [0.4, 0.5) is 5.82 Å². The molecule has 2 aliphatic heterocycles. The van der Waals surface area contributed by atoms with Gasteiger partial charge in [-0.25, -0.2) is 14.8 Å². The van der Waals surface area contributed by atoms with Gasteiger partial charge in [0.25, 0.3) is 0 Å². The van der Waals surface area contributed by atoms with E-state index in [0.717, 1.165) is 0 Å². The highest BCUT2D eigenvalue weighted by Crippen LogP contribution is 2.28. The second kappa shape index (κ2) is 9.90. The Labute approximate surface area is 216 Å². The van der Waals surface area contributed by atoms with Crippen LogP contribution in [0.25, 0.3) is 16.2 Å². The lowest BCUT2D eigenvalue weighted by Crippen LogP contribution is -2.54. The maximum absolute atomic E-state index is 12.9. The van der Waals surface area contributed by atoms with E-state index in [-0.39, 0.29) is 28.8 Å². The summed E-state index contributed by atoms with van der Waals surface area (Å²) in [5, 5.41) is 21.5. The van der Waals surface area contributed by atoms with E-state index in [2.05, 4.69) is 22.3 Å². The zero-order valence-electron chi connectivity index (χ0n) is 20.7. The first-order valence-electron chi connectivity index (χ1n) is 11.9. The molecule has 0 saturated carbocycles. The Morgan fingerprint density at radius 3 is 2.78 bits per heavy atom. The number of aryl methyl sites for hydroxylation is 1.